The summed E-state index contributed by atoms with van der Waals surface area (Å²) in [6.45, 7) is -0.156. The third-order valence-electron chi connectivity index (χ3n) is 3.60. The average molecular weight is 370 g/mol. The number of ketones is 1. The summed E-state index contributed by atoms with van der Waals surface area (Å²) in [7, 11) is 2.84. The zero-order valence-electron chi connectivity index (χ0n) is 14.1. The molecule has 2 N–H and O–H groups in total. The molecule has 0 amide bonds. The van der Waals surface area contributed by atoms with Crippen LogP contribution in [0.15, 0.2) is 35.3 Å². The molecule has 0 aliphatic rings. The fourth-order valence-electron chi connectivity index (χ4n) is 2.33. The first-order chi connectivity index (χ1) is 12.1. The van der Waals surface area contributed by atoms with Gasteiger partial charge in [-0.25, -0.2) is 4.79 Å². The Morgan fingerprint density at radius 1 is 1.35 bits per heavy atom. The predicted molar refractivity (Wildman–Crippen MR) is 87.6 cm³/mol. The molecule has 2 aromatic rings. The third-order valence-corrected chi connectivity index (χ3v) is 3.60. The van der Waals surface area contributed by atoms with Crippen molar-refractivity contribution in [3.8, 4) is 5.69 Å². The van der Waals surface area contributed by atoms with Crippen LogP contribution in [0, 0.1) is 0 Å². The van der Waals surface area contributed by atoms with Gasteiger partial charge in [0.1, 0.15) is 5.82 Å². The summed E-state index contributed by atoms with van der Waals surface area (Å²) in [5, 5.41) is 1.21. The number of Topliss-reactive ketones (excluding diaryl/α,β-unsaturated/α-hetero) is 1. The van der Waals surface area contributed by atoms with E-state index < -0.39 is 29.6 Å². The van der Waals surface area contributed by atoms with E-state index in [1.165, 1.54) is 43.6 Å². The number of nitrogens with two attached hydrogens (primary N) is 1. The molecule has 0 bridgehead atoms. The highest BCUT2D eigenvalue weighted by molar-refractivity contribution is 5.83. The number of benzene rings is 1. The molecule has 0 unspecified atom stereocenters. The molecule has 140 valence electrons. The first-order valence-electron chi connectivity index (χ1n) is 7.44. The third kappa shape index (κ3) is 4.67. The molecule has 1 aromatic heterocycles. The van der Waals surface area contributed by atoms with Gasteiger partial charge in [0.05, 0.1) is 24.9 Å². The fourth-order valence-corrected chi connectivity index (χ4v) is 2.33. The zero-order chi connectivity index (χ0) is 19.5. The second kappa shape index (κ2) is 7.67. The summed E-state index contributed by atoms with van der Waals surface area (Å²) in [6, 6.07) is 4.59. The van der Waals surface area contributed by atoms with Crippen LogP contribution < -0.4 is 11.4 Å². The van der Waals surface area contributed by atoms with Crippen LogP contribution in [0.2, 0.25) is 0 Å². The number of halogens is 3. The van der Waals surface area contributed by atoms with Crippen molar-refractivity contribution in [2.75, 3.05) is 26.4 Å². The molecular weight excluding hydrogens is 353 g/mol. The van der Waals surface area contributed by atoms with Crippen molar-refractivity contribution in [2.45, 2.75) is 12.6 Å². The van der Waals surface area contributed by atoms with Gasteiger partial charge >= 0.3 is 11.9 Å². The second-order valence-corrected chi connectivity index (χ2v) is 5.53. The van der Waals surface area contributed by atoms with Gasteiger partial charge in [-0.1, -0.05) is 6.07 Å². The minimum absolute atomic E-state index is 0.0277. The number of carbonyl (C=O) groups is 1. The van der Waals surface area contributed by atoms with E-state index in [9.17, 15) is 22.8 Å². The number of anilines is 1. The number of hydrogen-bond donors (Lipinski definition) is 1. The summed E-state index contributed by atoms with van der Waals surface area (Å²) in [5.74, 6) is -0.481. The van der Waals surface area contributed by atoms with E-state index in [4.69, 9.17) is 10.6 Å². The van der Waals surface area contributed by atoms with E-state index in [0.29, 0.717) is 0 Å². The zero-order valence-corrected chi connectivity index (χ0v) is 14.1. The van der Waals surface area contributed by atoms with Gasteiger partial charge in [-0.2, -0.15) is 23.2 Å². The number of carbonyl (C=O) groups excluding carboxylic acids is 1. The largest absolute Gasteiger partial charge is 0.416 e. The monoisotopic (exact) mass is 370 g/mol. The topological polar surface area (TPSA) is 90.4 Å². The van der Waals surface area contributed by atoms with Crippen molar-refractivity contribution in [1.29, 1.82) is 0 Å². The second-order valence-electron chi connectivity index (χ2n) is 5.53. The van der Waals surface area contributed by atoms with Gasteiger partial charge in [0.25, 0.3) is 0 Å². The lowest BCUT2D eigenvalue weighted by atomic mass is 10.0. The standard InChI is InChI=1S/C16H17F3N4O3/c1-22(26-2)9-12(24)7-10-3-4-11(8-13(10)16(17,18)19)23-6-5-14(20)21-15(23)25/h3-6,8H,7,9H2,1-2H3,(H2,20,21,25). The van der Waals surface area contributed by atoms with Crippen molar-refractivity contribution in [2.24, 2.45) is 0 Å². The molecule has 0 saturated heterocycles. The van der Waals surface area contributed by atoms with E-state index in [-0.39, 0.29) is 23.6 Å². The molecule has 0 radical (unpaired) electrons. The van der Waals surface area contributed by atoms with Crippen molar-refractivity contribution >= 4 is 11.6 Å². The van der Waals surface area contributed by atoms with Crippen LogP contribution in [0.1, 0.15) is 11.1 Å². The summed E-state index contributed by atoms with van der Waals surface area (Å²) in [5.41, 5.74) is 3.37. The molecule has 1 heterocycles. The molecule has 0 atom stereocenters. The average Bonchev–Trinajstić information content (AvgIpc) is 2.54. The molecule has 0 aliphatic carbocycles. The Labute approximate surface area is 146 Å². The van der Waals surface area contributed by atoms with Crippen molar-refractivity contribution in [3.05, 3.63) is 52.1 Å². The van der Waals surface area contributed by atoms with Gasteiger partial charge in [0.15, 0.2) is 5.78 Å². The van der Waals surface area contributed by atoms with Crippen LogP contribution in [0.4, 0.5) is 19.0 Å². The molecule has 10 heteroatoms. The van der Waals surface area contributed by atoms with E-state index >= 15 is 0 Å². The maximum absolute atomic E-state index is 13.4. The lowest BCUT2D eigenvalue weighted by molar-refractivity contribution is -0.141. The Morgan fingerprint density at radius 2 is 2.04 bits per heavy atom. The molecule has 0 aliphatic heterocycles. The van der Waals surface area contributed by atoms with Crippen LogP contribution >= 0.6 is 0 Å². The quantitative estimate of drug-likeness (QED) is 0.774. The van der Waals surface area contributed by atoms with Crippen LogP contribution in [0.25, 0.3) is 5.69 Å². The highest BCUT2D eigenvalue weighted by atomic mass is 19.4. The predicted octanol–water partition coefficient (Wildman–Crippen LogP) is 1.44. The minimum Gasteiger partial charge on any atom is -0.383 e. The maximum Gasteiger partial charge on any atom is 0.416 e. The summed E-state index contributed by atoms with van der Waals surface area (Å²) in [4.78, 5) is 32.1. The van der Waals surface area contributed by atoms with Crippen LogP contribution in [0.5, 0.6) is 0 Å². The summed E-state index contributed by atoms with van der Waals surface area (Å²) < 4.78 is 41.2. The molecule has 2 rings (SSSR count). The molecular formula is C16H17F3N4O3. The van der Waals surface area contributed by atoms with Crippen LogP contribution in [-0.4, -0.2) is 41.1 Å². The SMILES string of the molecule is CON(C)CC(=O)Cc1ccc(-n2ccc(N)nc2=O)cc1C(F)(F)F. The first kappa shape index (κ1) is 19.6. The number of rotatable bonds is 6. The lowest BCUT2D eigenvalue weighted by Gasteiger charge is -2.16. The number of nitrogens with zero attached hydrogens (tertiary/aromatic N) is 3. The van der Waals surface area contributed by atoms with Crippen LogP contribution in [-0.2, 0) is 22.2 Å². The Bertz CT molecular complexity index is 865. The number of aromatic nitrogens is 2. The van der Waals surface area contributed by atoms with Crippen molar-refractivity contribution < 1.29 is 22.8 Å². The Balaban J connectivity index is 2.42. The number of hydroxylamine groups is 2. The summed E-state index contributed by atoms with van der Waals surface area (Å²) in [6.07, 6.45) is -3.88. The fraction of sp³-hybridized carbons (Fsp3) is 0.312. The van der Waals surface area contributed by atoms with Crippen molar-refractivity contribution in [3.63, 3.8) is 0 Å². The van der Waals surface area contributed by atoms with E-state index in [1.807, 2.05) is 0 Å². The Hall–Kier alpha value is -2.72. The highest BCUT2D eigenvalue weighted by Crippen LogP contribution is 2.33. The van der Waals surface area contributed by atoms with Gasteiger partial charge < -0.3 is 10.6 Å². The van der Waals surface area contributed by atoms with Gasteiger partial charge in [0, 0.05) is 19.7 Å². The highest BCUT2D eigenvalue weighted by Gasteiger charge is 2.34. The molecule has 26 heavy (non-hydrogen) atoms. The van der Waals surface area contributed by atoms with Crippen LogP contribution in [0.3, 0.4) is 0 Å². The van der Waals surface area contributed by atoms with E-state index in [0.717, 1.165) is 10.6 Å². The molecule has 0 fully saturated rings. The normalized spacial score (nSPS) is 11.8. The number of nitrogen functional groups attached to an aromatic ring is 1. The number of hydrogen-bond acceptors (Lipinski definition) is 6. The molecule has 1 aromatic carbocycles. The van der Waals surface area contributed by atoms with Gasteiger partial charge in [-0.15, -0.1) is 0 Å². The van der Waals surface area contributed by atoms with Gasteiger partial charge in [-0.3, -0.25) is 9.36 Å². The maximum atomic E-state index is 13.4. The minimum atomic E-state index is -4.69. The number of likely N-dealkylation sites (N-methyl/N-ethyl adjacent to an activating group) is 1. The Morgan fingerprint density at radius 3 is 2.62 bits per heavy atom. The van der Waals surface area contributed by atoms with E-state index in [1.54, 1.807) is 0 Å². The molecule has 7 nitrogen and oxygen atoms in total. The molecule has 0 saturated carbocycles. The van der Waals surface area contributed by atoms with Gasteiger partial charge in [0.2, 0.25) is 0 Å². The van der Waals surface area contributed by atoms with Gasteiger partial charge in [-0.05, 0) is 23.8 Å². The van der Waals surface area contributed by atoms with E-state index in [2.05, 4.69) is 4.98 Å². The Kier molecular flexibility index (Phi) is 5.78. The molecule has 0 spiro atoms. The lowest BCUT2D eigenvalue weighted by Crippen LogP contribution is -2.27. The smallest absolute Gasteiger partial charge is 0.383 e. The van der Waals surface area contributed by atoms with Crippen molar-refractivity contribution in [1.82, 2.24) is 14.6 Å². The first-order valence-corrected chi connectivity index (χ1v) is 7.44. The summed E-state index contributed by atoms with van der Waals surface area (Å²) >= 11 is 0. The number of alkyl halides is 3.